The molecule has 1 aliphatic heterocycles. The third kappa shape index (κ3) is 5.34. The predicted molar refractivity (Wildman–Crippen MR) is 94.6 cm³/mol. The van der Waals surface area contributed by atoms with Gasteiger partial charge in [0.1, 0.15) is 36.8 Å². The van der Waals surface area contributed by atoms with E-state index in [2.05, 4.69) is 13.8 Å². The molecule has 27 heavy (non-hydrogen) atoms. The van der Waals surface area contributed by atoms with Gasteiger partial charge in [-0.25, -0.2) is 0 Å². The number of hydrogen-bond donors (Lipinski definition) is 4. The second kappa shape index (κ2) is 9.07. The summed E-state index contributed by atoms with van der Waals surface area (Å²) in [4.78, 5) is 24.0. The van der Waals surface area contributed by atoms with Crippen molar-refractivity contribution in [2.45, 2.75) is 77.2 Å². The summed E-state index contributed by atoms with van der Waals surface area (Å²) in [5.41, 5.74) is -0.146. The van der Waals surface area contributed by atoms with Crippen LogP contribution in [0.1, 0.15) is 46.5 Å². The maximum absolute atomic E-state index is 12.2. The first kappa shape index (κ1) is 22.4. The molecule has 2 aliphatic rings. The first-order valence-corrected chi connectivity index (χ1v) is 9.52. The first-order chi connectivity index (χ1) is 12.6. The fourth-order valence-corrected chi connectivity index (χ4v) is 4.43. The van der Waals surface area contributed by atoms with Crippen molar-refractivity contribution in [3.8, 4) is 0 Å². The van der Waals surface area contributed by atoms with Gasteiger partial charge in [0.25, 0.3) is 0 Å². The molecule has 0 radical (unpaired) electrons. The predicted octanol–water partition coefficient (Wildman–Crippen LogP) is -0.206. The highest BCUT2D eigenvalue weighted by atomic mass is 16.7. The average Bonchev–Trinajstić information content (AvgIpc) is 2.57. The SMILES string of the molecule is C[C@@H]1CC(=O)CC(C)(C)[C@H]1CCC(=O)CO[C@H]1O[C@H](CO)[C@@H](O)[C@H](O)[C@H]1O. The van der Waals surface area contributed by atoms with E-state index < -0.39 is 37.3 Å². The Hall–Kier alpha value is -0.900. The Morgan fingerprint density at radius 2 is 1.89 bits per heavy atom. The van der Waals surface area contributed by atoms with Gasteiger partial charge in [0.15, 0.2) is 12.1 Å². The second-order valence-corrected chi connectivity index (χ2v) is 8.58. The highest BCUT2D eigenvalue weighted by Gasteiger charge is 2.44. The topological polar surface area (TPSA) is 134 Å². The molecule has 1 saturated heterocycles. The van der Waals surface area contributed by atoms with Crippen molar-refractivity contribution < 1.29 is 39.5 Å². The number of aliphatic hydroxyl groups excluding tert-OH is 4. The largest absolute Gasteiger partial charge is 0.394 e. The van der Waals surface area contributed by atoms with Crippen LogP contribution in [0.5, 0.6) is 0 Å². The number of ether oxygens (including phenoxy) is 2. The van der Waals surface area contributed by atoms with Crippen LogP contribution in [0.2, 0.25) is 0 Å². The Labute approximate surface area is 159 Å². The molecule has 0 aromatic rings. The van der Waals surface area contributed by atoms with Gasteiger partial charge >= 0.3 is 0 Å². The lowest BCUT2D eigenvalue weighted by Crippen LogP contribution is -2.59. The van der Waals surface area contributed by atoms with E-state index in [4.69, 9.17) is 14.6 Å². The summed E-state index contributed by atoms with van der Waals surface area (Å²) in [5.74, 6) is 0.569. The summed E-state index contributed by atoms with van der Waals surface area (Å²) in [6, 6.07) is 0. The molecule has 0 aromatic heterocycles. The van der Waals surface area contributed by atoms with Crippen LogP contribution in [0.4, 0.5) is 0 Å². The lowest BCUT2D eigenvalue weighted by molar-refractivity contribution is -0.299. The minimum absolute atomic E-state index is 0.146. The molecular weight excluding hydrogens is 356 g/mol. The number of aliphatic hydroxyl groups is 4. The molecule has 7 atom stereocenters. The molecule has 8 heteroatoms. The Balaban J connectivity index is 1.83. The second-order valence-electron chi connectivity index (χ2n) is 8.58. The first-order valence-electron chi connectivity index (χ1n) is 9.52. The van der Waals surface area contributed by atoms with E-state index in [9.17, 15) is 24.9 Å². The molecule has 0 amide bonds. The molecule has 0 aromatic carbocycles. The summed E-state index contributed by atoms with van der Waals surface area (Å²) < 4.78 is 10.5. The number of Topliss-reactive ketones (excluding diaryl/α,β-unsaturated/α-hetero) is 2. The van der Waals surface area contributed by atoms with Crippen molar-refractivity contribution >= 4 is 11.6 Å². The van der Waals surface area contributed by atoms with Gasteiger partial charge in [0.2, 0.25) is 0 Å². The zero-order valence-corrected chi connectivity index (χ0v) is 16.2. The van der Waals surface area contributed by atoms with Gasteiger partial charge in [-0.15, -0.1) is 0 Å². The zero-order chi connectivity index (χ0) is 20.4. The standard InChI is InChI=1S/C19H32O8/c1-10-6-12(22)7-19(2,3)13(10)5-4-11(21)9-26-18-17(25)16(24)15(23)14(8-20)27-18/h10,13-18,20,23-25H,4-9H2,1-3H3/t10-,13+,14-,15-,16+,17-,18+/m1/s1. The number of ketones is 2. The van der Waals surface area contributed by atoms with Crippen molar-refractivity contribution in [3.63, 3.8) is 0 Å². The Morgan fingerprint density at radius 1 is 1.22 bits per heavy atom. The summed E-state index contributed by atoms with van der Waals surface area (Å²) in [6.07, 6.45) is -4.87. The molecule has 2 fully saturated rings. The molecule has 1 heterocycles. The lowest BCUT2D eigenvalue weighted by atomic mass is 9.62. The van der Waals surface area contributed by atoms with Crippen LogP contribution in [-0.4, -0.2) is 75.9 Å². The van der Waals surface area contributed by atoms with Gasteiger partial charge in [-0.2, -0.15) is 0 Å². The van der Waals surface area contributed by atoms with Gasteiger partial charge in [0, 0.05) is 19.3 Å². The van der Waals surface area contributed by atoms with Crippen LogP contribution in [0.15, 0.2) is 0 Å². The highest BCUT2D eigenvalue weighted by molar-refractivity contribution is 5.81. The smallest absolute Gasteiger partial charge is 0.187 e. The number of carbonyl (C=O) groups excluding carboxylic acids is 2. The Morgan fingerprint density at radius 3 is 2.48 bits per heavy atom. The normalized spacial score (nSPS) is 39.4. The van der Waals surface area contributed by atoms with Crippen molar-refractivity contribution in [3.05, 3.63) is 0 Å². The van der Waals surface area contributed by atoms with Crippen LogP contribution in [-0.2, 0) is 19.1 Å². The van der Waals surface area contributed by atoms with Crippen LogP contribution in [0.25, 0.3) is 0 Å². The van der Waals surface area contributed by atoms with E-state index in [1.807, 2.05) is 6.92 Å². The van der Waals surface area contributed by atoms with Gasteiger partial charge in [0.05, 0.1) is 6.61 Å². The summed E-state index contributed by atoms with van der Waals surface area (Å²) in [6.45, 7) is 5.30. The monoisotopic (exact) mass is 388 g/mol. The van der Waals surface area contributed by atoms with E-state index in [1.165, 1.54) is 0 Å². The summed E-state index contributed by atoms with van der Waals surface area (Å²) >= 11 is 0. The molecule has 0 bridgehead atoms. The van der Waals surface area contributed by atoms with Crippen LogP contribution >= 0.6 is 0 Å². The van der Waals surface area contributed by atoms with Crippen molar-refractivity contribution in [1.29, 1.82) is 0 Å². The number of rotatable bonds is 7. The zero-order valence-electron chi connectivity index (χ0n) is 16.2. The van der Waals surface area contributed by atoms with Crippen LogP contribution in [0.3, 0.4) is 0 Å². The molecule has 2 rings (SSSR count). The lowest BCUT2D eigenvalue weighted by Gasteiger charge is -2.42. The molecule has 1 aliphatic carbocycles. The van der Waals surface area contributed by atoms with E-state index in [0.717, 1.165) is 0 Å². The van der Waals surface area contributed by atoms with Crippen molar-refractivity contribution in [1.82, 2.24) is 0 Å². The average molecular weight is 388 g/mol. The molecule has 0 unspecified atom stereocenters. The molecule has 1 saturated carbocycles. The van der Waals surface area contributed by atoms with Crippen molar-refractivity contribution in [2.75, 3.05) is 13.2 Å². The summed E-state index contributed by atoms with van der Waals surface area (Å²) in [7, 11) is 0. The maximum Gasteiger partial charge on any atom is 0.187 e. The summed E-state index contributed by atoms with van der Waals surface area (Å²) in [5, 5.41) is 38.5. The van der Waals surface area contributed by atoms with Gasteiger partial charge < -0.3 is 29.9 Å². The number of carbonyl (C=O) groups is 2. The van der Waals surface area contributed by atoms with Gasteiger partial charge in [-0.3, -0.25) is 9.59 Å². The fraction of sp³-hybridized carbons (Fsp3) is 0.895. The number of hydrogen-bond acceptors (Lipinski definition) is 8. The van der Waals surface area contributed by atoms with E-state index in [-0.39, 0.29) is 41.8 Å². The highest BCUT2D eigenvalue weighted by Crippen LogP contribution is 2.44. The molecule has 0 spiro atoms. The quantitative estimate of drug-likeness (QED) is 0.471. The Bertz CT molecular complexity index is 532. The van der Waals surface area contributed by atoms with Gasteiger partial charge in [-0.05, 0) is 23.7 Å². The van der Waals surface area contributed by atoms with E-state index in [0.29, 0.717) is 19.3 Å². The minimum Gasteiger partial charge on any atom is -0.394 e. The molecule has 4 N–H and O–H groups in total. The molecule has 156 valence electrons. The van der Waals surface area contributed by atoms with E-state index >= 15 is 0 Å². The van der Waals surface area contributed by atoms with Crippen molar-refractivity contribution in [2.24, 2.45) is 17.3 Å². The third-order valence-electron chi connectivity index (χ3n) is 5.88. The third-order valence-corrected chi connectivity index (χ3v) is 5.88. The fourth-order valence-electron chi connectivity index (χ4n) is 4.43. The minimum atomic E-state index is -1.53. The molecule has 8 nitrogen and oxygen atoms in total. The molecular formula is C19H32O8. The maximum atomic E-state index is 12.2. The Kier molecular flexibility index (Phi) is 7.52. The van der Waals surface area contributed by atoms with Gasteiger partial charge in [-0.1, -0.05) is 20.8 Å². The van der Waals surface area contributed by atoms with Crippen LogP contribution in [0, 0.1) is 17.3 Å². The van der Waals surface area contributed by atoms with Crippen LogP contribution < -0.4 is 0 Å². The van der Waals surface area contributed by atoms with E-state index in [1.54, 1.807) is 0 Å².